The maximum atomic E-state index is 12.9. The lowest BCUT2D eigenvalue weighted by Crippen LogP contribution is -2.17. The molecule has 0 saturated heterocycles. The smallest absolute Gasteiger partial charge is 0.406 e. The molecule has 0 N–H and O–H groups in total. The third-order valence-corrected chi connectivity index (χ3v) is 8.68. The zero-order valence-electron chi connectivity index (χ0n) is 19.3. The van der Waals surface area contributed by atoms with Crippen LogP contribution in [-0.4, -0.2) is 37.6 Å². The van der Waals surface area contributed by atoms with Gasteiger partial charge in [-0.1, -0.05) is 12.1 Å². The lowest BCUT2D eigenvalue weighted by atomic mass is 10.1. The summed E-state index contributed by atoms with van der Waals surface area (Å²) < 4.78 is 67.2. The van der Waals surface area contributed by atoms with Gasteiger partial charge in [0.25, 0.3) is 5.91 Å². The maximum absolute atomic E-state index is 12.9. The SMILES string of the molecule is CN1Cc2cc(-c3ccc(-c4cncc(CS(=O)(=O)c5cccc(OC(F)(F)F)c5)c4)s3)ccc2C1=O. The molecule has 190 valence electrons. The largest absolute Gasteiger partial charge is 0.573 e. The number of ether oxygens (including phenoxy) is 1. The average molecular weight is 545 g/mol. The Balaban J connectivity index is 1.37. The van der Waals surface area contributed by atoms with Gasteiger partial charge in [-0.25, -0.2) is 8.42 Å². The monoisotopic (exact) mass is 544 g/mol. The number of hydrogen-bond acceptors (Lipinski definition) is 6. The fourth-order valence-electron chi connectivity index (χ4n) is 4.14. The standard InChI is InChI=1S/C26H19F3N2O4S2/c1-31-14-19-10-17(5-6-22(19)25(31)32)23-7-8-24(36-23)18-9-16(12-30-13-18)15-37(33,34)21-4-2-3-20(11-21)35-26(27,28)29/h2-13H,14-15H2,1H3. The van der Waals surface area contributed by atoms with Crippen molar-refractivity contribution in [2.75, 3.05) is 7.05 Å². The molecule has 0 atom stereocenters. The van der Waals surface area contributed by atoms with E-state index < -0.39 is 27.7 Å². The predicted octanol–water partition coefficient (Wildman–Crippen LogP) is 5.94. The normalized spacial score (nSPS) is 13.6. The summed E-state index contributed by atoms with van der Waals surface area (Å²) in [5.41, 5.74) is 3.77. The number of fused-ring (bicyclic) bond motifs is 1. The van der Waals surface area contributed by atoms with Crippen LogP contribution >= 0.6 is 11.3 Å². The highest BCUT2D eigenvalue weighted by Crippen LogP contribution is 2.36. The molecule has 3 heterocycles. The van der Waals surface area contributed by atoms with Crippen LogP contribution in [0.15, 0.2) is 78.0 Å². The number of sulfone groups is 1. The molecule has 1 aliphatic heterocycles. The Morgan fingerprint density at radius 3 is 2.51 bits per heavy atom. The third kappa shape index (κ3) is 5.37. The molecule has 2 aromatic carbocycles. The van der Waals surface area contributed by atoms with Gasteiger partial charge >= 0.3 is 6.36 Å². The Labute approximate surface area is 214 Å². The van der Waals surface area contributed by atoms with E-state index in [2.05, 4.69) is 9.72 Å². The molecule has 0 unspecified atom stereocenters. The minimum Gasteiger partial charge on any atom is -0.406 e. The van der Waals surface area contributed by atoms with Gasteiger partial charge in [-0.3, -0.25) is 9.78 Å². The molecule has 1 amide bonds. The van der Waals surface area contributed by atoms with E-state index >= 15 is 0 Å². The summed E-state index contributed by atoms with van der Waals surface area (Å²) in [6.07, 6.45) is -1.88. The first kappa shape index (κ1) is 25.0. The summed E-state index contributed by atoms with van der Waals surface area (Å²) >= 11 is 1.51. The molecule has 0 aliphatic carbocycles. The van der Waals surface area contributed by atoms with Gasteiger partial charge in [-0.05, 0) is 65.2 Å². The van der Waals surface area contributed by atoms with E-state index in [0.29, 0.717) is 23.2 Å². The van der Waals surface area contributed by atoms with Crippen molar-refractivity contribution in [1.29, 1.82) is 0 Å². The molecule has 0 saturated carbocycles. The molecule has 0 spiro atoms. The van der Waals surface area contributed by atoms with Crippen molar-refractivity contribution >= 4 is 27.1 Å². The summed E-state index contributed by atoms with van der Waals surface area (Å²) in [5, 5.41) is 0. The number of benzene rings is 2. The molecule has 5 rings (SSSR count). The van der Waals surface area contributed by atoms with Crippen molar-refractivity contribution < 1.29 is 31.1 Å². The Kier molecular flexibility index (Phi) is 6.28. The lowest BCUT2D eigenvalue weighted by Gasteiger charge is -2.10. The fraction of sp³-hybridized carbons (Fsp3) is 0.154. The summed E-state index contributed by atoms with van der Waals surface area (Å²) in [6, 6.07) is 15.6. The molecule has 0 radical (unpaired) electrons. The molecule has 37 heavy (non-hydrogen) atoms. The first-order valence-corrected chi connectivity index (χ1v) is 13.5. The van der Waals surface area contributed by atoms with Crippen LogP contribution in [0.3, 0.4) is 0 Å². The molecular weight excluding hydrogens is 525 g/mol. The molecule has 0 bridgehead atoms. The molecule has 0 fully saturated rings. The van der Waals surface area contributed by atoms with E-state index in [4.69, 9.17) is 0 Å². The average Bonchev–Trinajstić information content (AvgIpc) is 3.43. The zero-order chi connectivity index (χ0) is 26.4. The van der Waals surface area contributed by atoms with Crippen LogP contribution in [0.1, 0.15) is 21.5 Å². The summed E-state index contributed by atoms with van der Waals surface area (Å²) in [6.45, 7) is 0.561. The first-order valence-electron chi connectivity index (χ1n) is 11.0. The van der Waals surface area contributed by atoms with Gasteiger partial charge in [-0.15, -0.1) is 24.5 Å². The molecule has 4 aromatic rings. The second-order valence-electron chi connectivity index (χ2n) is 8.56. The van der Waals surface area contributed by atoms with Gasteiger partial charge in [0.1, 0.15) is 5.75 Å². The Morgan fingerprint density at radius 2 is 1.76 bits per heavy atom. The topological polar surface area (TPSA) is 76.6 Å². The Bertz CT molecular complexity index is 1610. The van der Waals surface area contributed by atoms with E-state index in [1.165, 1.54) is 29.7 Å². The van der Waals surface area contributed by atoms with Crippen molar-refractivity contribution in [3.63, 3.8) is 0 Å². The van der Waals surface area contributed by atoms with Crippen LogP contribution < -0.4 is 4.74 Å². The molecular formula is C26H19F3N2O4S2. The van der Waals surface area contributed by atoms with Crippen molar-refractivity contribution in [2.24, 2.45) is 0 Å². The van der Waals surface area contributed by atoms with E-state index in [1.807, 2.05) is 30.3 Å². The number of nitrogens with zero attached hydrogens (tertiary/aromatic N) is 2. The number of carbonyl (C=O) groups is 1. The van der Waals surface area contributed by atoms with Gasteiger partial charge in [0, 0.05) is 46.9 Å². The van der Waals surface area contributed by atoms with Crippen LogP contribution in [0.2, 0.25) is 0 Å². The zero-order valence-corrected chi connectivity index (χ0v) is 21.0. The van der Waals surface area contributed by atoms with Gasteiger partial charge < -0.3 is 9.64 Å². The van der Waals surface area contributed by atoms with Crippen molar-refractivity contribution in [1.82, 2.24) is 9.88 Å². The van der Waals surface area contributed by atoms with Gasteiger partial charge in [0.2, 0.25) is 0 Å². The molecule has 11 heteroatoms. The third-order valence-electron chi connectivity index (χ3n) is 5.81. The van der Waals surface area contributed by atoms with E-state index in [1.54, 1.807) is 24.2 Å². The minimum atomic E-state index is -4.92. The second kappa shape index (κ2) is 9.31. The maximum Gasteiger partial charge on any atom is 0.573 e. The fourth-order valence-corrected chi connectivity index (χ4v) is 6.46. The number of alkyl halides is 3. The summed E-state index contributed by atoms with van der Waals surface area (Å²) in [5.74, 6) is -1.03. The minimum absolute atomic E-state index is 0.00543. The number of thiophene rings is 1. The molecule has 1 aliphatic rings. The predicted molar refractivity (Wildman–Crippen MR) is 133 cm³/mol. The van der Waals surface area contributed by atoms with Crippen molar-refractivity contribution in [3.8, 4) is 26.6 Å². The van der Waals surface area contributed by atoms with Crippen LogP contribution in [0.4, 0.5) is 13.2 Å². The van der Waals surface area contributed by atoms with Gasteiger partial charge in [-0.2, -0.15) is 0 Å². The highest BCUT2D eigenvalue weighted by Gasteiger charge is 2.31. The van der Waals surface area contributed by atoms with Gasteiger partial charge in [0.15, 0.2) is 9.84 Å². The molecule has 6 nitrogen and oxygen atoms in total. The van der Waals surface area contributed by atoms with Crippen LogP contribution in [-0.2, 0) is 22.1 Å². The summed E-state index contributed by atoms with van der Waals surface area (Å²) in [4.78, 5) is 19.6. The highest BCUT2D eigenvalue weighted by molar-refractivity contribution is 7.90. The number of amides is 1. The number of carbonyl (C=O) groups excluding carboxylic acids is 1. The van der Waals surface area contributed by atoms with Gasteiger partial charge in [0.05, 0.1) is 10.6 Å². The Morgan fingerprint density at radius 1 is 1.00 bits per heavy atom. The lowest BCUT2D eigenvalue weighted by molar-refractivity contribution is -0.274. The van der Waals surface area contributed by atoms with Crippen molar-refractivity contribution in [2.45, 2.75) is 23.6 Å². The number of rotatable bonds is 6. The van der Waals surface area contributed by atoms with Crippen LogP contribution in [0.25, 0.3) is 20.9 Å². The van der Waals surface area contributed by atoms with E-state index in [0.717, 1.165) is 33.0 Å². The van der Waals surface area contributed by atoms with Crippen LogP contribution in [0, 0.1) is 0 Å². The van der Waals surface area contributed by atoms with Crippen molar-refractivity contribution in [3.05, 3.63) is 89.7 Å². The Hall–Kier alpha value is -3.70. The second-order valence-corrected chi connectivity index (χ2v) is 11.6. The first-order chi connectivity index (χ1) is 17.5. The number of pyridine rings is 1. The number of aromatic nitrogens is 1. The van der Waals surface area contributed by atoms with E-state index in [-0.39, 0.29) is 10.8 Å². The van der Waals surface area contributed by atoms with E-state index in [9.17, 15) is 26.4 Å². The quantitative estimate of drug-likeness (QED) is 0.301. The highest BCUT2D eigenvalue weighted by atomic mass is 32.2. The molecule has 2 aromatic heterocycles. The number of hydrogen-bond donors (Lipinski definition) is 0. The summed E-state index contributed by atoms with van der Waals surface area (Å²) in [7, 11) is -2.20. The van der Waals surface area contributed by atoms with Crippen LogP contribution in [0.5, 0.6) is 5.75 Å². The number of halogens is 3.